The number of alkyl halides is 1. The zero-order valence-electron chi connectivity index (χ0n) is 7.13. The van der Waals surface area contributed by atoms with Crippen LogP contribution in [0.1, 0.15) is 29.3 Å². The zero-order valence-corrected chi connectivity index (χ0v) is 7.89. The highest BCUT2D eigenvalue weighted by atomic mass is 35.5. The minimum Gasteiger partial charge on any atom is -0.282 e. The zero-order chi connectivity index (χ0) is 8.72. The van der Waals surface area contributed by atoms with E-state index in [1.807, 2.05) is 6.92 Å². The van der Waals surface area contributed by atoms with E-state index in [-0.39, 0.29) is 5.38 Å². The monoisotopic (exact) mass is 182 g/mol. The van der Waals surface area contributed by atoms with E-state index in [1.54, 1.807) is 0 Å². The van der Waals surface area contributed by atoms with Crippen molar-refractivity contribution < 1.29 is 0 Å². The van der Waals surface area contributed by atoms with Crippen molar-refractivity contribution in [3.63, 3.8) is 0 Å². The van der Waals surface area contributed by atoms with Crippen LogP contribution in [0.4, 0.5) is 0 Å². The first-order valence-electron chi connectivity index (χ1n) is 4.07. The average molecular weight is 183 g/mol. The standard InChI is InChI=1S/C9H11ClN2/c1-5-3-4-7-6(2)11-12-9(7)8(5)10/h3-5,8H,1-2H3,(H,11,12). The maximum absolute atomic E-state index is 6.18. The molecule has 0 fully saturated rings. The van der Waals surface area contributed by atoms with Crippen LogP contribution in [0.15, 0.2) is 6.08 Å². The van der Waals surface area contributed by atoms with E-state index in [2.05, 4.69) is 29.3 Å². The lowest BCUT2D eigenvalue weighted by Crippen LogP contribution is -2.06. The van der Waals surface area contributed by atoms with Crippen LogP contribution in [0.5, 0.6) is 0 Å². The lowest BCUT2D eigenvalue weighted by Gasteiger charge is -2.17. The van der Waals surface area contributed by atoms with Crippen molar-refractivity contribution in [1.29, 1.82) is 0 Å². The predicted molar refractivity (Wildman–Crippen MR) is 50.1 cm³/mol. The van der Waals surface area contributed by atoms with Crippen LogP contribution in [0.2, 0.25) is 0 Å². The first kappa shape index (κ1) is 7.87. The van der Waals surface area contributed by atoms with Crippen molar-refractivity contribution >= 4 is 17.7 Å². The Balaban J connectivity index is 2.53. The molecule has 64 valence electrons. The van der Waals surface area contributed by atoms with Gasteiger partial charge in [-0.25, -0.2) is 0 Å². The Labute approximate surface area is 76.6 Å². The van der Waals surface area contributed by atoms with E-state index in [9.17, 15) is 0 Å². The van der Waals surface area contributed by atoms with Crippen molar-refractivity contribution in [1.82, 2.24) is 10.2 Å². The number of hydrogen-bond donors (Lipinski definition) is 1. The molecule has 1 aliphatic carbocycles. The highest BCUT2D eigenvalue weighted by Crippen LogP contribution is 2.36. The maximum Gasteiger partial charge on any atom is 0.0881 e. The summed E-state index contributed by atoms with van der Waals surface area (Å²) < 4.78 is 0. The van der Waals surface area contributed by atoms with Crippen molar-refractivity contribution in [2.24, 2.45) is 5.92 Å². The Hall–Kier alpha value is -0.760. The molecule has 2 atom stereocenters. The number of nitrogens with zero attached hydrogens (tertiary/aromatic N) is 1. The van der Waals surface area contributed by atoms with Crippen LogP contribution in [-0.2, 0) is 0 Å². The molecule has 0 aliphatic heterocycles. The van der Waals surface area contributed by atoms with E-state index < -0.39 is 0 Å². The Morgan fingerprint density at radius 3 is 3.08 bits per heavy atom. The third kappa shape index (κ3) is 0.985. The summed E-state index contributed by atoms with van der Waals surface area (Å²) in [5, 5.41) is 7.15. The van der Waals surface area contributed by atoms with E-state index in [4.69, 9.17) is 11.6 Å². The fourth-order valence-electron chi connectivity index (χ4n) is 1.47. The number of H-pyrrole nitrogens is 1. The number of nitrogens with one attached hydrogen (secondary N) is 1. The summed E-state index contributed by atoms with van der Waals surface area (Å²) in [6.45, 7) is 4.11. The maximum atomic E-state index is 6.18. The van der Waals surface area contributed by atoms with Gasteiger partial charge in [-0.3, -0.25) is 5.10 Å². The Morgan fingerprint density at radius 2 is 2.33 bits per heavy atom. The molecular formula is C9H11ClN2. The van der Waals surface area contributed by atoms with E-state index in [0.717, 1.165) is 17.0 Å². The molecule has 0 saturated carbocycles. The Kier molecular flexibility index (Phi) is 1.72. The number of rotatable bonds is 0. The second kappa shape index (κ2) is 2.63. The topological polar surface area (TPSA) is 28.7 Å². The van der Waals surface area contributed by atoms with Gasteiger partial charge in [-0.15, -0.1) is 11.6 Å². The third-order valence-corrected chi connectivity index (χ3v) is 2.92. The number of fused-ring (bicyclic) bond motifs is 1. The summed E-state index contributed by atoms with van der Waals surface area (Å²) in [6, 6.07) is 0. The fourth-order valence-corrected chi connectivity index (χ4v) is 1.72. The molecule has 1 heterocycles. The molecule has 1 N–H and O–H groups in total. The second-order valence-electron chi connectivity index (χ2n) is 3.27. The van der Waals surface area contributed by atoms with Gasteiger partial charge in [0.1, 0.15) is 0 Å². The third-order valence-electron chi connectivity index (χ3n) is 2.31. The summed E-state index contributed by atoms with van der Waals surface area (Å²) in [5.41, 5.74) is 3.25. The predicted octanol–water partition coefficient (Wildman–Crippen LogP) is 2.66. The van der Waals surface area contributed by atoms with Gasteiger partial charge in [-0.1, -0.05) is 19.1 Å². The first-order chi connectivity index (χ1) is 5.70. The van der Waals surface area contributed by atoms with Crippen molar-refractivity contribution in [3.8, 4) is 0 Å². The minimum atomic E-state index is 0.0231. The van der Waals surface area contributed by atoms with Crippen LogP contribution in [0.25, 0.3) is 6.08 Å². The van der Waals surface area contributed by atoms with Crippen molar-refractivity contribution in [3.05, 3.63) is 23.0 Å². The van der Waals surface area contributed by atoms with Crippen LogP contribution < -0.4 is 0 Å². The molecule has 1 aromatic heterocycles. The van der Waals surface area contributed by atoms with E-state index in [1.165, 1.54) is 0 Å². The second-order valence-corrected chi connectivity index (χ2v) is 3.74. The van der Waals surface area contributed by atoms with Crippen LogP contribution in [0, 0.1) is 12.8 Å². The molecular weight excluding hydrogens is 172 g/mol. The Morgan fingerprint density at radius 1 is 1.58 bits per heavy atom. The summed E-state index contributed by atoms with van der Waals surface area (Å²) in [5.74, 6) is 0.377. The molecule has 2 unspecified atom stereocenters. The smallest absolute Gasteiger partial charge is 0.0881 e. The van der Waals surface area contributed by atoms with Crippen molar-refractivity contribution in [2.45, 2.75) is 19.2 Å². The SMILES string of the molecule is Cc1[nH]nc2c1C=CC(C)C2Cl. The van der Waals surface area contributed by atoms with E-state index in [0.29, 0.717) is 5.92 Å². The quantitative estimate of drug-likeness (QED) is 0.614. The van der Waals surface area contributed by atoms with E-state index >= 15 is 0 Å². The number of aryl methyl sites for hydroxylation is 1. The molecule has 0 aromatic carbocycles. The van der Waals surface area contributed by atoms with Gasteiger partial charge in [0.15, 0.2) is 0 Å². The van der Waals surface area contributed by atoms with Gasteiger partial charge >= 0.3 is 0 Å². The normalized spacial score (nSPS) is 27.2. The van der Waals surface area contributed by atoms with Crippen molar-refractivity contribution in [2.75, 3.05) is 0 Å². The average Bonchev–Trinajstić information content (AvgIpc) is 2.41. The molecule has 3 heteroatoms. The number of halogens is 1. The summed E-state index contributed by atoms with van der Waals surface area (Å²) >= 11 is 6.18. The number of allylic oxidation sites excluding steroid dienone is 1. The van der Waals surface area contributed by atoms with Crippen LogP contribution in [-0.4, -0.2) is 10.2 Å². The highest BCUT2D eigenvalue weighted by molar-refractivity contribution is 6.21. The number of aromatic nitrogens is 2. The first-order valence-corrected chi connectivity index (χ1v) is 4.51. The highest BCUT2D eigenvalue weighted by Gasteiger charge is 2.24. The van der Waals surface area contributed by atoms with Crippen LogP contribution in [0.3, 0.4) is 0 Å². The molecule has 1 aliphatic rings. The molecule has 2 nitrogen and oxygen atoms in total. The molecule has 1 aromatic rings. The molecule has 0 amide bonds. The van der Waals surface area contributed by atoms with Gasteiger partial charge in [0.25, 0.3) is 0 Å². The largest absolute Gasteiger partial charge is 0.282 e. The summed E-state index contributed by atoms with van der Waals surface area (Å²) in [7, 11) is 0. The summed E-state index contributed by atoms with van der Waals surface area (Å²) in [4.78, 5) is 0. The molecule has 0 saturated heterocycles. The van der Waals surface area contributed by atoms with Gasteiger partial charge in [-0.2, -0.15) is 5.10 Å². The van der Waals surface area contributed by atoms with Gasteiger partial charge in [0, 0.05) is 11.3 Å². The fraction of sp³-hybridized carbons (Fsp3) is 0.444. The van der Waals surface area contributed by atoms with Gasteiger partial charge in [0.2, 0.25) is 0 Å². The minimum absolute atomic E-state index is 0.0231. The number of aromatic amines is 1. The summed E-state index contributed by atoms with van der Waals surface area (Å²) in [6.07, 6.45) is 4.22. The molecule has 0 bridgehead atoms. The molecule has 0 radical (unpaired) electrons. The van der Waals surface area contributed by atoms with Gasteiger partial charge in [0.05, 0.1) is 11.1 Å². The van der Waals surface area contributed by atoms with Crippen LogP contribution >= 0.6 is 11.6 Å². The number of hydrogen-bond acceptors (Lipinski definition) is 1. The Bertz CT molecular complexity index is 327. The van der Waals surface area contributed by atoms with Gasteiger partial charge < -0.3 is 0 Å². The lowest BCUT2D eigenvalue weighted by molar-refractivity contribution is 0.671. The molecule has 2 rings (SSSR count). The van der Waals surface area contributed by atoms with Gasteiger partial charge in [-0.05, 0) is 12.8 Å². The molecule has 0 spiro atoms. The molecule has 12 heavy (non-hydrogen) atoms. The lowest BCUT2D eigenvalue weighted by atomic mass is 9.95.